The molecule has 0 saturated carbocycles. The number of halogens is 1. The van der Waals surface area contributed by atoms with E-state index in [0.29, 0.717) is 17.2 Å². The predicted octanol–water partition coefficient (Wildman–Crippen LogP) is 4.11. The zero-order valence-corrected chi connectivity index (χ0v) is 18.7. The molecule has 1 saturated heterocycles. The number of carbonyl (C=O) groups excluding carboxylic acids is 1. The zero-order chi connectivity index (χ0) is 19.7. The fourth-order valence-corrected chi connectivity index (χ4v) is 7.82. The van der Waals surface area contributed by atoms with Gasteiger partial charge in [0.25, 0.3) is 10.0 Å². The van der Waals surface area contributed by atoms with Crippen LogP contribution < -0.4 is 5.32 Å². The third kappa shape index (κ3) is 4.06. The monoisotopic (exact) mass is 482 g/mol. The van der Waals surface area contributed by atoms with Crippen molar-refractivity contribution in [2.45, 2.75) is 42.4 Å². The Morgan fingerprint density at radius 2 is 1.96 bits per heavy atom. The Labute approximate surface area is 178 Å². The lowest BCUT2D eigenvalue weighted by molar-refractivity contribution is -0.127. The van der Waals surface area contributed by atoms with Crippen LogP contribution in [0, 0.1) is 5.92 Å². The standard InChI is InChI=1S/C20H23BrN2O3S2/c21-18-10-11-19(27-18)28(25,26)23-12-4-7-15(13-23)20(24)22-17-9-3-6-14-5-1-2-8-16(14)17/h1-2,5,8,10-11,15,17H,3-4,6-7,9,12-13H2,(H,22,24)/t15-,17+/m1/s1. The van der Waals surface area contributed by atoms with Gasteiger partial charge in [-0.05, 0) is 71.3 Å². The summed E-state index contributed by atoms with van der Waals surface area (Å²) in [6, 6.07) is 11.7. The van der Waals surface area contributed by atoms with E-state index >= 15 is 0 Å². The van der Waals surface area contributed by atoms with E-state index in [9.17, 15) is 13.2 Å². The molecular formula is C20H23BrN2O3S2. The Hall–Kier alpha value is -1.22. The molecule has 2 heterocycles. The first-order valence-corrected chi connectivity index (χ1v) is 12.6. The lowest BCUT2D eigenvalue weighted by Gasteiger charge is -2.33. The molecule has 4 rings (SSSR count). The van der Waals surface area contributed by atoms with Gasteiger partial charge in [-0.3, -0.25) is 4.79 Å². The molecule has 1 fully saturated rings. The maximum absolute atomic E-state index is 13.0. The van der Waals surface area contributed by atoms with Crippen LogP contribution in [-0.2, 0) is 21.2 Å². The van der Waals surface area contributed by atoms with Gasteiger partial charge in [-0.1, -0.05) is 24.3 Å². The lowest BCUT2D eigenvalue weighted by Crippen LogP contribution is -2.46. The van der Waals surface area contributed by atoms with E-state index in [0.717, 1.165) is 29.5 Å². The van der Waals surface area contributed by atoms with E-state index in [1.165, 1.54) is 26.8 Å². The van der Waals surface area contributed by atoms with E-state index in [1.54, 1.807) is 12.1 Å². The molecule has 1 aromatic heterocycles. The van der Waals surface area contributed by atoms with E-state index in [4.69, 9.17) is 0 Å². The number of sulfonamides is 1. The van der Waals surface area contributed by atoms with Crippen LogP contribution in [0.25, 0.3) is 0 Å². The Morgan fingerprint density at radius 3 is 2.75 bits per heavy atom. The number of carbonyl (C=O) groups is 1. The van der Waals surface area contributed by atoms with Crippen LogP contribution in [0.1, 0.15) is 42.9 Å². The van der Waals surface area contributed by atoms with Crippen LogP contribution in [0.3, 0.4) is 0 Å². The number of fused-ring (bicyclic) bond motifs is 1. The fourth-order valence-electron chi connectivity index (χ4n) is 4.13. The number of benzene rings is 1. The number of piperidine rings is 1. The normalized spacial score (nSPS) is 23.2. The summed E-state index contributed by atoms with van der Waals surface area (Å²) < 4.78 is 28.4. The number of nitrogens with zero attached hydrogens (tertiary/aromatic N) is 1. The number of nitrogens with one attached hydrogen (secondary N) is 1. The molecule has 0 bridgehead atoms. The van der Waals surface area contributed by atoms with E-state index in [-0.39, 0.29) is 24.4 Å². The van der Waals surface area contributed by atoms with Gasteiger partial charge in [0, 0.05) is 13.1 Å². The lowest BCUT2D eigenvalue weighted by atomic mass is 9.87. The first-order valence-electron chi connectivity index (χ1n) is 9.59. The maximum atomic E-state index is 13.0. The Balaban J connectivity index is 1.46. The summed E-state index contributed by atoms with van der Waals surface area (Å²) in [6.45, 7) is 0.714. The molecule has 1 N–H and O–H groups in total. The van der Waals surface area contributed by atoms with Gasteiger partial charge >= 0.3 is 0 Å². The first kappa shape index (κ1) is 20.1. The van der Waals surface area contributed by atoms with Gasteiger partial charge in [-0.15, -0.1) is 11.3 Å². The summed E-state index contributed by atoms with van der Waals surface area (Å²) in [5.74, 6) is -0.338. The highest BCUT2D eigenvalue weighted by Crippen LogP contribution is 2.32. The minimum atomic E-state index is -3.55. The molecular weight excluding hydrogens is 460 g/mol. The third-order valence-corrected chi connectivity index (χ3v) is 9.54. The SMILES string of the molecule is O=C(N[C@H]1CCCc2ccccc21)[C@@H]1CCCN(S(=O)(=O)c2ccc(Br)s2)C1. The van der Waals surface area contributed by atoms with Gasteiger partial charge in [0.1, 0.15) is 4.21 Å². The van der Waals surface area contributed by atoms with Crippen molar-refractivity contribution in [2.75, 3.05) is 13.1 Å². The Bertz CT molecular complexity index is 973. The molecule has 2 atom stereocenters. The average molecular weight is 483 g/mol. The average Bonchev–Trinajstić information content (AvgIpc) is 3.15. The molecule has 1 aliphatic heterocycles. The van der Waals surface area contributed by atoms with E-state index in [2.05, 4.69) is 33.4 Å². The van der Waals surface area contributed by atoms with Crippen molar-refractivity contribution in [3.63, 3.8) is 0 Å². The van der Waals surface area contributed by atoms with Gasteiger partial charge in [-0.25, -0.2) is 8.42 Å². The molecule has 0 unspecified atom stereocenters. The molecule has 5 nitrogen and oxygen atoms in total. The van der Waals surface area contributed by atoms with Crippen LogP contribution in [0.15, 0.2) is 44.4 Å². The molecule has 0 spiro atoms. The van der Waals surface area contributed by atoms with Gasteiger partial charge in [0.05, 0.1) is 15.7 Å². The molecule has 150 valence electrons. The second kappa shape index (κ2) is 8.26. The van der Waals surface area contributed by atoms with Crippen LogP contribution >= 0.6 is 27.3 Å². The van der Waals surface area contributed by atoms with Crippen molar-refractivity contribution in [2.24, 2.45) is 5.92 Å². The second-order valence-electron chi connectivity index (χ2n) is 7.41. The number of hydrogen-bond donors (Lipinski definition) is 1. The van der Waals surface area contributed by atoms with Crippen LogP contribution in [0.5, 0.6) is 0 Å². The number of amides is 1. The predicted molar refractivity (Wildman–Crippen MR) is 114 cm³/mol. The van der Waals surface area contributed by atoms with Crippen molar-refractivity contribution < 1.29 is 13.2 Å². The molecule has 2 aliphatic rings. The van der Waals surface area contributed by atoms with Gasteiger partial charge in [0.2, 0.25) is 5.91 Å². The number of thiophene rings is 1. The quantitative estimate of drug-likeness (QED) is 0.712. The number of hydrogen-bond acceptors (Lipinski definition) is 4. The fraction of sp³-hybridized carbons (Fsp3) is 0.450. The van der Waals surface area contributed by atoms with Crippen molar-refractivity contribution in [1.82, 2.24) is 9.62 Å². The maximum Gasteiger partial charge on any atom is 0.252 e. The minimum absolute atomic E-state index is 0.0256. The summed E-state index contributed by atoms with van der Waals surface area (Å²) in [4.78, 5) is 13.0. The molecule has 1 aromatic carbocycles. The third-order valence-electron chi connectivity index (χ3n) is 5.58. The highest BCUT2D eigenvalue weighted by Gasteiger charge is 2.35. The Kier molecular flexibility index (Phi) is 5.92. The Morgan fingerprint density at radius 1 is 1.14 bits per heavy atom. The first-order chi connectivity index (χ1) is 13.4. The highest BCUT2D eigenvalue weighted by molar-refractivity contribution is 9.11. The molecule has 8 heteroatoms. The van der Waals surface area contributed by atoms with E-state index in [1.807, 2.05) is 12.1 Å². The molecule has 1 aliphatic carbocycles. The topological polar surface area (TPSA) is 66.5 Å². The molecule has 28 heavy (non-hydrogen) atoms. The summed E-state index contributed by atoms with van der Waals surface area (Å²) in [7, 11) is -3.55. The molecule has 1 amide bonds. The van der Waals surface area contributed by atoms with Gasteiger partial charge in [0.15, 0.2) is 0 Å². The summed E-state index contributed by atoms with van der Waals surface area (Å²) in [5, 5.41) is 3.20. The summed E-state index contributed by atoms with van der Waals surface area (Å²) in [6.07, 6.45) is 4.46. The molecule has 2 aromatic rings. The number of aryl methyl sites for hydroxylation is 1. The van der Waals surface area contributed by atoms with Crippen molar-refractivity contribution in [1.29, 1.82) is 0 Å². The van der Waals surface area contributed by atoms with E-state index < -0.39 is 10.0 Å². The van der Waals surface area contributed by atoms with Crippen LogP contribution in [-0.4, -0.2) is 31.7 Å². The highest BCUT2D eigenvalue weighted by atomic mass is 79.9. The zero-order valence-electron chi connectivity index (χ0n) is 15.4. The minimum Gasteiger partial charge on any atom is -0.349 e. The summed E-state index contributed by atoms with van der Waals surface area (Å²) in [5.41, 5.74) is 2.50. The van der Waals surface area contributed by atoms with Crippen molar-refractivity contribution in [3.8, 4) is 0 Å². The number of rotatable bonds is 4. The second-order valence-corrected chi connectivity index (χ2v) is 12.0. The summed E-state index contributed by atoms with van der Waals surface area (Å²) >= 11 is 4.53. The van der Waals surface area contributed by atoms with Gasteiger partial charge < -0.3 is 5.32 Å². The van der Waals surface area contributed by atoms with Crippen molar-refractivity contribution >= 4 is 43.2 Å². The van der Waals surface area contributed by atoms with Gasteiger partial charge in [-0.2, -0.15) is 4.31 Å². The molecule has 0 radical (unpaired) electrons. The van der Waals surface area contributed by atoms with Crippen LogP contribution in [0.2, 0.25) is 0 Å². The van der Waals surface area contributed by atoms with Crippen molar-refractivity contribution in [3.05, 3.63) is 51.3 Å². The largest absolute Gasteiger partial charge is 0.349 e. The smallest absolute Gasteiger partial charge is 0.252 e. The van der Waals surface area contributed by atoms with Crippen LogP contribution in [0.4, 0.5) is 0 Å².